The third-order valence-corrected chi connectivity index (χ3v) is 6.85. The molecule has 0 unspecified atom stereocenters. The Kier molecular flexibility index (Phi) is 7.88. The van der Waals surface area contributed by atoms with E-state index in [0.717, 1.165) is 26.8 Å². The third-order valence-electron chi connectivity index (χ3n) is 5.69. The van der Waals surface area contributed by atoms with Gasteiger partial charge in [-0.25, -0.2) is 0 Å². The Balaban J connectivity index is 1.57. The Bertz CT molecular complexity index is 1120. The molecule has 3 aromatic rings. The van der Waals surface area contributed by atoms with Gasteiger partial charge in [0.05, 0.1) is 19.3 Å². The molecule has 7 nitrogen and oxygen atoms in total. The summed E-state index contributed by atoms with van der Waals surface area (Å²) in [6, 6.07) is 21.5. The smallest absolute Gasteiger partial charge is 0.119 e. The average Bonchev–Trinajstić information content (AvgIpc) is 2.83. The van der Waals surface area contributed by atoms with Gasteiger partial charge < -0.3 is 19.3 Å². The van der Waals surface area contributed by atoms with Gasteiger partial charge in [0.1, 0.15) is 23.7 Å². The predicted molar refractivity (Wildman–Crippen MR) is 129 cm³/mol. The van der Waals surface area contributed by atoms with Crippen LogP contribution in [0.2, 0.25) is 0 Å². The predicted octanol–water partition coefficient (Wildman–Crippen LogP) is 5.24. The molecule has 0 spiro atoms. The van der Waals surface area contributed by atoms with Crippen LogP contribution in [0, 0.1) is 6.92 Å². The lowest BCUT2D eigenvalue weighted by Gasteiger charge is -2.42. The molecule has 1 N–H and O–H groups in total. The van der Waals surface area contributed by atoms with Crippen LogP contribution in [0.25, 0.3) is 21.2 Å². The van der Waals surface area contributed by atoms with Crippen LogP contribution < -0.4 is 0 Å². The number of nitrogens with zero attached hydrogens (tertiary/aromatic N) is 3. The summed E-state index contributed by atoms with van der Waals surface area (Å²) in [7, 11) is 1.56. The zero-order chi connectivity index (χ0) is 23.2. The first-order chi connectivity index (χ1) is 16.1. The highest BCUT2D eigenvalue weighted by Crippen LogP contribution is 2.36. The second-order valence-electron chi connectivity index (χ2n) is 8.07. The quantitative estimate of drug-likeness (QED) is 0.279. The van der Waals surface area contributed by atoms with Crippen LogP contribution in [-0.4, -0.2) is 48.6 Å². The number of aliphatic hydroxyl groups is 1. The van der Waals surface area contributed by atoms with E-state index in [9.17, 15) is 10.6 Å². The van der Waals surface area contributed by atoms with Crippen LogP contribution in [0.4, 0.5) is 0 Å². The van der Waals surface area contributed by atoms with Crippen molar-refractivity contribution in [1.29, 1.82) is 0 Å². The molecule has 1 aliphatic heterocycles. The Labute approximate surface area is 197 Å². The summed E-state index contributed by atoms with van der Waals surface area (Å²) in [5.74, 6) is 0. The number of ether oxygens (including phenoxy) is 3. The third kappa shape index (κ3) is 5.68. The number of thioether (sulfide) groups is 1. The number of azide groups is 1. The minimum atomic E-state index is -1.00. The topological polar surface area (TPSA) is 96.7 Å². The zero-order valence-corrected chi connectivity index (χ0v) is 19.4. The highest BCUT2D eigenvalue weighted by molar-refractivity contribution is 7.99. The number of methoxy groups -OCH3 is 1. The first-order valence-electron chi connectivity index (χ1n) is 10.8. The summed E-state index contributed by atoms with van der Waals surface area (Å²) < 4.78 is 17.6. The number of hydrogen-bond acceptors (Lipinski definition) is 6. The van der Waals surface area contributed by atoms with Crippen molar-refractivity contribution >= 4 is 22.5 Å². The molecule has 33 heavy (non-hydrogen) atoms. The van der Waals surface area contributed by atoms with Crippen LogP contribution >= 0.6 is 11.8 Å². The molecule has 3 aromatic carbocycles. The lowest BCUT2D eigenvalue weighted by molar-refractivity contribution is -0.187. The average molecular weight is 466 g/mol. The zero-order valence-electron chi connectivity index (χ0n) is 18.6. The summed E-state index contributed by atoms with van der Waals surface area (Å²) in [6.45, 7) is 2.49. The maximum atomic E-state index is 11.0. The van der Waals surface area contributed by atoms with Gasteiger partial charge >= 0.3 is 0 Å². The second-order valence-corrected chi connectivity index (χ2v) is 9.24. The number of aliphatic hydroxyl groups excluding tert-OH is 1. The number of fused-ring (bicyclic) bond motifs is 1. The SMILES string of the molecule is COC[C@H]1O[C@@H](Sc2ccc(C)cc2)[C@H](N=[N+]=[N-])[C@@H](OCc2ccc3ccccc3c2)[C@@H]1O. The first-order valence-corrected chi connectivity index (χ1v) is 11.7. The number of rotatable bonds is 8. The van der Waals surface area contributed by atoms with Crippen molar-refractivity contribution in [2.24, 2.45) is 5.11 Å². The van der Waals surface area contributed by atoms with E-state index in [2.05, 4.69) is 22.2 Å². The monoisotopic (exact) mass is 465 g/mol. The van der Waals surface area contributed by atoms with Gasteiger partial charge in [-0.05, 0) is 47.0 Å². The summed E-state index contributed by atoms with van der Waals surface area (Å²) in [5, 5.41) is 17.2. The Morgan fingerprint density at radius 2 is 1.85 bits per heavy atom. The van der Waals surface area contributed by atoms with Crippen molar-refractivity contribution in [2.45, 2.75) is 48.2 Å². The van der Waals surface area contributed by atoms with Crippen molar-refractivity contribution in [1.82, 2.24) is 0 Å². The maximum Gasteiger partial charge on any atom is 0.119 e. The molecule has 0 radical (unpaired) electrons. The molecule has 0 aromatic heterocycles. The molecule has 4 rings (SSSR count). The molecule has 172 valence electrons. The highest BCUT2D eigenvalue weighted by atomic mass is 32.2. The van der Waals surface area contributed by atoms with E-state index < -0.39 is 29.8 Å². The number of benzene rings is 3. The molecular formula is C25H27N3O4S. The van der Waals surface area contributed by atoms with Crippen molar-refractivity contribution in [3.63, 3.8) is 0 Å². The van der Waals surface area contributed by atoms with Crippen molar-refractivity contribution in [3.8, 4) is 0 Å². The van der Waals surface area contributed by atoms with Crippen LogP contribution in [0.5, 0.6) is 0 Å². The minimum absolute atomic E-state index is 0.199. The molecule has 0 aliphatic carbocycles. The van der Waals surface area contributed by atoms with Crippen molar-refractivity contribution in [3.05, 3.63) is 88.3 Å². The molecule has 0 bridgehead atoms. The van der Waals surface area contributed by atoms with Crippen LogP contribution in [0.15, 0.2) is 76.7 Å². The molecular weight excluding hydrogens is 438 g/mol. The maximum absolute atomic E-state index is 11.0. The largest absolute Gasteiger partial charge is 0.388 e. The fourth-order valence-electron chi connectivity index (χ4n) is 3.95. The van der Waals surface area contributed by atoms with Gasteiger partial charge in [-0.15, -0.1) is 0 Å². The summed E-state index contributed by atoms with van der Waals surface area (Å²) >= 11 is 1.45. The van der Waals surface area contributed by atoms with E-state index >= 15 is 0 Å². The van der Waals surface area contributed by atoms with E-state index in [1.165, 1.54) is 11.8 Å². The fraction of sp³-hybridized carbons (Fsp3) is 0.360. The minimum Gasteiger partial charge on any atom is -0.388 e. The molecule has 8 heteroatoms. The van der Waals surface area contributed by atoms with Crippen molar-refractivity contribution < 1.29 is 19.3 Å². The Morgan fingerprint density at radius 1 is 1.09 bits per heavy atom. The molecule has 0 amide bonds. The Morgan fingerprint density at radius 3 is 2.58 bits per heavy atom. The Hall–Kier alpha value is -2.58. The molecule has 1 saturated heterocycles. The molecule has 1 aliphatic rings. The van der Waals surface area contributed by atoms with Gasteiger partial charge in [0.15, 0.2) is 0 Å². The molecule has 1 heterocycles. The second kappa shape index (κ2) is 11.0. The first kappa shape index (κ1) is 23.6. The van der Waals surface area contributed by atoms with Gasteiger partial charge in [-0.3, -0.25) is 0 Å². The van der Waals surface area contributed by atoms with E-state index in [1.807, 2.05) is 61.5 Å². The van der Waals surface area contributed by atoms with Gasteiger partial charge in [-0.2, -0.15) is 0 Å². The highest BCUT2D eigenvalue weighted by Gasteiger charge is 2.46. The van der Waals surface area contributed by atoms with Gasteiger partial charge in [0, 0.05) is 16.9 Å². The van der Waals surface area contributed by atoms with E-state index in [-0.39, 0.29) is 13.2 Å². The van der Waals surface area contributed by atoms with E-state index in [4.69, 9.17) is 14.2 Å². The van der Waals surface area contributed by atoms with Crippen LogP contribution in [0.3, 0.4) is 0 Å². The van der Waals surface area contributed by atoms with E-state index in [1.54, 1.807) is 7.11 Å². The van der Waals surface area contributed by atoms with E-state index in [0.29, 0.717) is 0 Å². The summed E-state index contributed by atoms with van der Waals surface area (Å²) in [6.07, 6.45) is -2.36. The standard InChI is InChI=1S/C25H27N3O4S/c1-16-7-11-20(12-8-16)33-25-22(27-28-26)24(23(29)21(32-25)15-30-2)31-14-17-9-10-18-5-3-4-6-19(18)13-17/h3-13,21-25,29H,14-15H2,1-2H3/t21-,22-,23-,24-,25+/m1/s1. The molecule has 5 atom stereocenters. The van der Waals surface area contributed by atoms with Gasteiger partial charge in [0.2, 0.25) is 0 Å². The van der Waals surface area contributed by atoms with Crippen LogP contribution in [0.1, 0.15) is 11.1 Å². The van der Waals surface area contributed by atoms with Crippen LogP contribution in [-0.2, 0) is 20.8 Å². The molecule has 0 saturated carbocycles. The normalized spacial score (nSPS) is 25.0. The number of aryl methyl sites for hydroxylation is 1. The fourth-order valence-corrected chi connectivity index (χ4v) is 5.06. The lowest BCUT2D eigenvalue weighted by atomic mass is 9.98. The van der Waals surface area contributed by atoms with Gasteiger partial charge in [0.25, 0.3) is 0 Å². The number of hydrogen-bond donors (Lipinski definition) is 1. The lowest BCUT2D eigenvalue weighted by Crippen LogP contribution is -2.57. The van der Waals surface area contributed by atoms with Crippen molar-refractivity contribution in [2.75, 3.05) is 13.7 Å². The molecule has 1 fully saturated rings. The summed E-state index contributed by atoms with van der Waals surface area (Å²) in [5.41, 5.74) is 10.8. The summed E-state index contributed by atoms with van der Waals surface area (Å²) in [4.78, 5) is 4.00. The van der Waals surface area contributed by atoms with Gasteiger partial charge in [-0.1, -0.05) is 71.0 Å².